The highest BCUT2D eigenvalue weighted by Gasteiger charge is 2.31. The molecule has 0 unspecified atom stereocenters. The van der Waals surface area contributed by atoms with Gasteiger partial charge in [0.1, 0.15) is 5.75 Å². The molecule has 4 nitrogen and oxygen atoms in total. The number of benzene rings is 1. The molecule has 0 bridgehead atoms. The lowest BCUT2D eigenvalue weighted by molar-refractivity contribution is -0.274. The molecular weight excluding hydrogens is 283 g/mol. The van der Waals surface area contributed by atoms with Gasteiger partial charge in [-0.1, -0.05) is 13.8 Å². The van der Waals surface area contributed by atoms with Crippen molar-refractivity contribution in [3.05, 3.63) is 30.0 Å². The highest BCUT2D eigenvalue weighted by Crippen LogP contribution is 2.30. The third-order valence-electron chi connectivity index (χ3n) is 2.84. The average molecular weight is 299 g/mol. The molecule has 0 amide bonds. The average Bonchev–Trinajstić information content (AvgIpc) is 2.35. The lowest BCUT2D eigenvalue weighted by Crippen LogP contribution is -2.17. The minimum atomic E-state index is -4.73. The van der Waals surface area contributed by atoms with E-state index in [4.69, 9.17) is 5.84 Å². The second-order valence-corrected chi connectivity index (χ2v) is 5.13. The van der Waals surface area contributed by atoms with Crippen LogP contribution in [0.25, 0.3) is 10.9 Å². The smallest absolute Gasteiger partial charge is 0.406 e. The van der Waals surface area contributed by atoms with Gasteiger partial charge < -0.3 is 10.2 Å². The van der Waals surface area contributed by atoms with Crippen molar-refractivity contribution in [2.45, 2.75) is 26.6 Å². The lowest BCUT2D eigenvalue weighted by atomic mass is 10.1. The second kappa shape index (κ2) is 5.77. The fourth-order valence-electron chi connectivity index (χ4n) is 2.10. The molecule has 0 spiro atoms. The summed E-state index contributed by atoms with van der Waals surface area (Å²) in [6.45, 7) is 4.11. The van der Waals surface area contributed by atoms with Crippen molar-refractivity contribution in [3.63, 3.8) is 0 Å². The Labute approximate surface area is 120 Å². The number of nitrogens with two attached hydrogens (primary N) is 1. The maximum atomic E-state index is 12.3. The number of halogens is 3. The van der Waals surface area contributed by atoms with Crippen LogP contribution in [-0.4, -0.2) is 11.3 Å². The summed E-state index contributed by atoms with van der Waals surface area (Å²) in [7, 11) is 0. The summed E-state index contributed by atoms with van der Waals surface area (Å²) in [4.78, 5) is 4.43. The number of fused-ring (bicyclic) bond motifs is 1. The molecule has 0 radical (unpaired) electrons. The number of hydrogen-bond donors (Lipinski definition) is 2. The van der Waals surface area contributed by atoms with Gasteiger partial charge in [0.05, 0.1) is 11.2 Å². The van der Waals surface area contributed by atoms with Crippen LogP contribution in [0, 0.1) is 5.92 Å². The van der Waals surface area contributed by atoms with E-state index in [1.54, 1.807) is 6.07 Å². The molecule has 2 rings (SSSR count). The molecule has 1 heterocycles. The molecule has 114 valence electrons. The predicted molar refractivity (Wildman–Crippen MR) is 74.8 cm³/mol. The van der Waals surface area contributed by atoms with Crippen LogP contribution in [0.2, 0.25) is 0 Å². The van der Waals surface area contributed by atoms with E-state index in [1.807, 2.05) is 0 Å². The molecule has 2 aromatic rings. The van der Waals surface area contributed by atoms with Gasteiger partial charge in [-0.25, -0.2) is 0 Å². The normalized spacial score (nSPS) is 12.0. The molecule has 0 saturated heterocycles. The molecule has 21 heavy (non-hydrogen) atoms. The molecule has 0 aliphatic heterocycles. The van der Waals surface area contributed by atoms with Crippen molar-refractivity contribution >= 4 is 16.6 Å². The van der Waals surface area contributed by atoms with E-state index in [0.717, 1.165) is 12.1 Å². The van der Waals surface area contributed by atoms with E-state index in [2.05, 4.69) is 29.0 Å². The zero-order valence-electron chi connectivity index (χ0n) is 11.7. The first-order valence-electron chi connectivity index (χ1n) is 6.44. The topological polar surface area (TPSA) is 60.2 Å². The van der Waals surface area contributed by atoms with E-state index in [9.17, 15) is 13.2 Å². The summed E-state index contributed by atoms with van der Waals surface area (Å²) in [5, 5.41) is 0.478. The summed E-state index contributed by atoms with van der Waals surface area (Å²) in [6.07, 6.45) is -3.97. The first kappa shape index (κ1) is 15.4. The molecule has 1 aromatic heterocycles. The standard InChI is InChI=1S/C14H16F3N3O/c1-8(2)5-9-6-13(20-18)11-7-10(21-14(15,16)17)3-4-12(11)19-9/h3-4,6-8H,5,18H2,1-2H3,(H,19,20). The minimum absolute atomic E-state index is 0.301. The van der Waals surface area contributed by atoms with E-state index in [0.29, 0.717) is 22.5 Å². The summed E-state index contributed by atoms with van der Waals surface area (Å²) in [5.41, 5.74) is 4.41. The number of ether oxygens (including phenoxy) is 1. The number of nitrogens with one attached hydrogen (secondary N) is 1. The molecule has 7 heteroatoms. The molecular formula is C14H16F3N3O. The van der Waals surface area contributed by atoms with Crippen LogP contribution in [0.15, 0.2) is 24.3 Å². The predicted octanol–water partition coefficient (Wildman–Crippen LogP) is 3.62. The quantitative estimate of drug-likeness (QED) is 0.668. The Bertz CT molecular complexity index is 641. The van der Waals surface area contributed by atoms with E-state index >= 15 is 0 Å². The summed E-state index contributed by atoms with van der Waals surface area (Å²) < 4.78 is 40.7. The Kier molecular flexibility index (Phi) is 4.22. The van der Waals surface area contributed by atoms with Crippen LogP contribution >= 0.6 is 0 Å². The van der Waals surface area contributed by atoms with Crippen molar-refractivity contribution < 1.29 is 17.9 Å². The zero-order valence-corrected chi connectivity index (χ0v) is 11.7. The summed E-state index contributed by atoms with van der Waals surface area (Å²) in [5.74, 6) is 5.56. The number of hydrazine groups is 1. The van der Waals surface area contributed by atoms with Crippen LogP contribution < -0.4 is 16.0 Å². The SMILES string of the molecule is CC(C)Cc1cc(NN)c2cc(OC(F)(F)F)ccc2n1. The molecule has 0 saturated carbocycles. The Balaban J connectivity index is 2.47. The number of aromatic nitrogens is 1. The maximum absolute atomic E-state index is 12.3. The van der Waals surface area contributed by atoms with Gasteiger partial charge in [0.15, 0.2) is 0 Å². The molecule has 0 atom stereocenters. The number of pyridine rings is 1. The third kappa shape index (κ3) is 3.98. The number of alkyl halides is 3. The lowest BCUT2D eigenvalue weighted by Gasteiger charge is -2.13. The van der Waals surface area contributed by atoms with Gasteiger partial charge >= 0.3 is 6.36 Å². The van der Waals surface area contributed by atoms with Crippen molar-refractivity contribution in [2.75, 3.05) is 5.43 Å². The fourth-order valence-corrected chi connectivity index (χ4v) is 2.10. The van der Waals surface area contributed by atoms with E-state index < -0.39 is 6.36 Å². The van der Waals surface area contributed by atoms with Gasteiger partial charge in [0.25, 0.3) is 0 Å². The molecule has 0 fully saturated rings. The van der Waals surface area contributed by atoms with Crippen molar-refractivity contribution in [1.29, 1.82) is 0 Å². The highest BCUT2D eigenvalue weighted by molar-refractivity contribution is 5.92. The number of anilines is 1. The Hall–Kier alpha value is -2.02. The van der Waals surface area contributed by atoms with Crippen molar-refractivity contribution in [3.8, 4) is 5.75 Å². The van der Waals surface area contributed by atoms with E-state index in [-0.39, 0.29) is 5.75 Å². The highest BCUT2D eigenvalue weighted by atomic mass is 19.4. The van der Waals surface area contributed by atoms with Gasteiger partial charge in [-0.15, -0.1) is 13.2 Å². The second-order valence-electron chi connectivity index (χ2n) is 5.13. The van der Waals surface area contributed by atoms with Crippen molar-refractivity contribution in [1.82, 2.24) is 4.98 Å². The monoisotopic (exact) mass is 299 g/mol. The van der Waals surface area contributed by atoms with Crippen LogP contribution in [-0.2, 0) is 6.42 Å². The van der Waals surface area contributed by atoms with Gasteiger partial charge in [-0.2, -0.15) is 0 Å². The number of hydrogen-bond acceptors (Lipinski definition) is 4. The van der Waals surface area contributed by atoms with Crippen LogP contribution in [0.3, 0.4) is 0 Å². The minimum Gasteiger partial charge on any atom is -0.406 e. The molecule has 1 aromatic carbocycles. The number of nitrogen functional groups attached to an aromatic ring is 1. The van der Waals surface area contributed by atoms with E-state index in [1.165, 1.54) is 18.2 Å². The Morgan fingerprint density at radius 2 is 2.00 bits per heavy atom. The Morgan fingerprint density at radius 3 is 2.57 bits per heavy atom. The van der Waals surface area contributed by atoms with Gasteiger partial charge in [-0.05, 0) is 36.6 Å². The fraction of sp³-hybridized carbons (Fsp3) is 0.357. The Morgan fingerprint density at radius 1 is 1.29 bits per heavy atom. The molecule has 0 aliphatic rings. The largest absolute Gasteiger partial charge is 0.573 e. The van der Waals surface area contributed by atoms with Crippen LogP contribution in [0.1, 0.15) is 19.5 Å². The molecule has 0 aliphatic carbocycles. The van der Waals surface area contributed by atoms with Gasteiger partial charge in [0, 0.05) is 11.1 Å². The first-order valence-corrected chi connectivity index (χ1v) is 6.44. The van der Waals surface area contributed by atoms with Gasteiger partial charge in [0.2, 0.25) is 0 Å². The summed E-state index contributed by atoms with van der Waals surface area (Å²) in [6, 6.07) is 5.73. The number of nitrogens with zero attached hydrogens (tertiary/aromatic N) is 1. The molecule has 3 N–H and O–H groups in total. The van der Waals surface area contributed by atoms with Crippen LogP contribution in [0.4, 0.5) is 18.9 Å². The van der Waals surface area contributed by atoms with Crippen LogP contribution in [0.5, 0.6) is 5.75 Å². The first-order chi connectivity index (χ1) is 9.78. The van der Waals surface area contributed by atoms with Crippen molar-refractivity contribution in [2.24, 2.45) is 11.8 Å². The zero-order chi connectivity index (χ0) is 15.6. The third-order valence-corrected chi connectivity index (χ3v) is 2.84. The van der Waals surface area contributed by atoms with Gasteiger partial charge in [-0.3, -0.25) is 10.8 Å². The maximum Gasteiger partial charge on any atom is 0.573 e. The number of rotatable bonds is 4. The summed E-state index contributed by atoms with van der Waals surface area (Å²) >= 11 is 0.